The molecule has 1 saturated heterocycles. The van der Waals surface area contributed by atoms with Gasteiger partial charge in [-0.1, -0.05) is 36.4 Å². The molecule has 0 spiro atoms. The van der Waals surface area contributed by atoms with E-state index in [-0.39, 0.29) is 24.8 Å². The number of ether oxygens (including phenoxy) is 1. The molecule has 2 atom stereocenters. The van der Waals surface area contributed by atoms with Crippen LogP contribution in [0.2, 0.25) is 0 Å². The maximum absolute atomic E-state index is 14.3. The lowest BCUT2D eigenvalue weighted by atomic mass is 9.87. The Morgan fingerprint density at radius 2 is 2.00 bits per heavy atom. The van der Waals surface area contributed by atoms with Gasteiger partial charge < -0.3 is 19.8 Å². The zero-order valence-corrected chi connectivity index (χ0v) is 13.6. The van der Waals surface area contributed by atoms with Crippen LogP contribution in [0, 0.1) is 5.82 Å². The summed E-state index contributed by atoms with van der Waals surface area (Å²) in [6.45, 7) is 0.634. The molecule has 1 aliphatic rings. The molecule has 1 fully saturated rings. The minimum absolute atomic E-state index is 0.0356. The third-order valence-electron chi connectivity index (χ3n) is 4.47. The Morgan fingerprint density at radius 1 is 1.24 bits per heavy atom. The van der Waals surface area contributed by atoms with Gasteiger partial charge in [0.05, 0.1) is 12.6 Å². The van der Waals surface area contributed by atoms with E-state index in [1.54, 1.807) is 12.1 Å². The van der Waals surface area contributed by atoms with Crippen molar-refractivity contribution in [3.63, 3.8) is 0 Å². The smallest absolute Gasteiger partial charge is 0.407 e. The lowest BCUT2D eigenvalue weighted by Gasteiger charge is -2.34. The van der Waals surface area contributed by atoms with Crippen molar-refractivity contribution in [2.24, 2.45) is 0 Å². The van der Waals surface area contributed by atoms with Gasteiger partial charge in [-0.2, -0.15) is 0 Å². The predicted octanol–water partition coefficient (Wildman–Crippen LogP) is 3.23. The Morgan fingerprint density at radius 3 is 2.64 bits per heavy atom. The lowest BCUT2D eigenvalue weighted by Crippen LogP contribution is -2.45. The first-order valence-corrected chi connectivity index (χ1v) is 8.16. The minimum Gasteiger partial charge on any atom is -0.486 e. The molecule has 2 aromatic rings. The van der Waals surface area contributed by atoms with Crippen LogP contribution in [-0.4, -0.2) is 40.4 Å². The number of halogens is 1. The average molecular weight is 345 g/mol. The van der Waals surface area contributed by atoms with Gasteiger partial charge in [0.2, 0.25) is 0 Å². The molecule has 132 valence electrons. The first-order chi connectivity index (χ1) is 12.0. The number of benzene rings is 2. The molecule has 0 unspecified atom stereocenters. The standard InChI is InChI=1S/C19H20FNO4/c20-16-10-14(15-8-9-21(19(23)24)11-17(15)22)6-7-18(16)25-12-13-4-2-1-3-5-13/h1-7,10,15,17,22H,8-9,11-12H2,(H,23,24)/t15-,17+/m0/s1. The number of β-amino-alcohol motifs (C(OH)–C–C–N with tert-alkyl or cyclic N) is 1. The second kappa shape index (κ2) is 7.53. The Labute approximate surface area is 145 Å². The monoisotopic (exact) mass is 345 g/mol. The summed E-state index contributed by atoms with van der Waals surface area (Å²) in [7, 11) is 0. The number of rotatable bonds is 4. The summed E-state index contributed by atoms with van der Waals surface area (Å²) in [6.07, 6.45) is -1.44. The molecule has 0 aliphatic carbocycles. The third kappa shape index (κ3) is 4.09. The van der Waals surface area contributed by atoms with Crippen LogP contribution in [0.1, 0.15) is 23.5 Å². The molecule has 6 heteroatoms. The summed E-state index contributed by atoms with van der Waals surface area (Å²) in [5.41, 5.74) is 1.60. The lowest BCUT2D eigenvalue weighted by molar-refractivity contribution is 0.0503. The van der Waals surface area contributed by atoms with Gasteiger partial charge in [-0.25, -0.2) is 9.18 Å². The van der Waals surface area contributed by atoms with Crippen LogP contribution in [0.15, 0.2) is 48.5 Å². The third-order valence-corrected chi connectivity index (χ3v) is 4.47. The number of nitrogens with zero attached hydrogens (tertiary/aromatic N) is 1. The van der Waals surface area contributed by atoms with E-state index in [1.807, 2.05) is 30.3 Å². The van der Waals surface area contributed by atoms with E-state index >= 15 is 0 Å². The highest BCUT2D eigenvalue weighted by Gasteiger charge is 2.31. The fraction of sp³-hybridized carbons (Fsp3) is 0.316. The van der Waals surface area contributed by atoms with E-state index in [9.17, 15) is 14.3 Å². The quantitative estimate of drug-likeness (QED) is 0.893. The molecule has 0 saturated carbocycles. The SMILES string of the molecule is O=C(O)N1CC[C@@H](c2ccc(OCc3ccccc3)c(F)c2)[C@H](O)C1. The number of amides is 1. The first kappa shape index (κ1) is 17.2. The van der Waals surface area contributed by atoms with E-state index in [2.05, 4.69) is 0 Å². The van der Waals surface area contributed by atoms with Crippen LogP contribution in [0.3, 0.4) is 0 Å². The summed E-state index contributed by atoms with van der Waals surface area (Å²) < 4.78 is 19.8. The Bertz CT molecular complexity index is 737. The van der Waals surface area contributed by atoms with Crippen LogP contribution in [0.25, 0.3) is 0 Å². The van der Waals surface area contributed by atoms with E-state index < -0.39 is 18.0 Å². The Balaban J connectivity index is 1.66. The number of carbonyl (C=O) groups is 1. The van der Waals surface area contributed by atoms with Crippen molar-refractivity contribution >= 4 is 6.09 Å². The highest BCUT2D eigenvalue weighted by atomic mass is 19.1. The van der Waals surface area contributed by atoms with E-state index in [4.69, 9.17) is 9.84 Å². The number of hydrogen-bond acceptors (Lipinski definition) is 3. The molecule has 25 heavy (non-hydrogen) atoms. The van der Waals surface area contributed by atoms with Crippen molar-refractivity contribution in [2.45, 2.75) is 25.0 Å². The van der Waals surface area contributed by atoms with Gasteiger partial charge in [-0.15, -0.1) is 0 Å². The van der Waals surface area contributed by atoms with E-state index in [0.29, 0.717) is 18.5 Å². The van der Waals surface area contributed by atoms with Gasteiger partial charge in [-0.3, -0.25) is 0 Å². The number of aliphatic hydroxyl groups is 1. The summed E-state index contributed by atoms with van der Waals surface area (Å²) in [6, 6.07) is 14.1. The van der Waals surface area contributed by atoms with Gasteiger partial charge >= 0.3 is 6.09 Å². The molecule has 3 rings (SSSR count). The number of hydrogen-bond donors (Lipinski definition) is 2. The fourth-order valence-corrected chi connectivity index (χ4v) is 3.09. The maximum atomic E-state index is 14.3. The highest BCUT2D eigenvalue weighted by Crippen LogP contribution is 2.31. The molecule has 2 N–H and O–H groups in total. The summed E-state index contributed by atoms with van der Waals surface area (Å²) in [5.74, 6) is -0.611. The Hall–Kier alpha value is -2.60. The molecule has 0 aromatic heterocycles. The van der Waals surface area contributed by atoms with Crippen molar-refractivity contribution in [3.8, 4) is 5.75 Å². The predicted molar refractivity (Wildman–Crippen MR) is 90.1 cm³/mol. The average Bonchev–Trinajstić information content (AvgIpc) is 2.61. The molecule has 5 nitrogen and oxygen atoms in total. The van der Waals surface area contributed by atoms with Crippen molar-refractivity contribution in [2.75, 3.05) is 13.1 Å². The molecule has 0 bridgehead atoms. The largest absolute Gasteiger partial charge is 0.486 e. The number of aliphatic hydroxyl groups excluding tert-OH is 1. The topological polar surface area (TPSA) is 70.0 Å². The molecule has 0 radical (unpaired) electrons. The van der Waals surface area contributed by atoms with Gasteiger partial charge in [0, 0.05) is 12.5 Å². The van der Waals surface area contributed by atoms with Crippen LogP contribution >= 0.6 is 0 Å². The number of carboxylic acid groups (broad SMARTS) is 1. The van der Waals surface area contributed by atoms with E-state index in [0.717, 1.165) is 5.56 Å². The van der Waals surface area contributed by atoms with Crippen LogP contribution in [-0.2, 0) is 6.61 Å². The minimum atomic E-state index is -1.05. The van der Waals surface area contributed by atoms with Crippen LogP contribution in [0.5, 0.6) is 5.75 Å². The van der Waals surface area contributed by atoms with Crippen molar-refractivity contribution in [1.82, 2.24) is 4.90 Å². The second-order valence-corrected chi connectivity index (χ2v) is 6.16. The normalized spacial score (nSPS) is 20.3. The zero-order valence-electron chi connectivity index (χ0n) is 13.6. The molecule has 2 aromatic carbocycles. The van der Waals surface area contributed by atoms with Gasteiger partial charge in [0.15, 0.2) is 11.6 Å². The number of likely N-dealkylation sites (tertiary alicyclic amines) is 1. The first-order valence-electron chi connectivity index (χ1n) is 8.16. The highest BCUT2D eigenvalue weighted by molar-refractivity contribution is 5.65. The molecule has 1 amide bonds. The maximum Gasteiger partial charge on any atom is 0.407 e. The summed E-state index contributed by atoms with van der Waals surface area (Å²) in [5, 5.41) is 19.2. The molecule has 1 aliphatic heterocycles. The van der Waals surface area contributed by atoms with Crippen molar-refractivity contribution in [3.05, 3.63) is 65.5 Å². The molecule has 1 heterocycles. The zero-order chi connectivity index (χ0) is 17.8. The second-order valence-electron chi connectivity index (χ2n) is 6.16. The van der Waals surface area contributed by atoms with E-state index in [1.165, 1.54) is 11.0 Å². The Kier molecular flexibility index (Phi) is 5.19. The van der Waals surface area contributed by atoms with Gasteiger partial charge in [0.25, 0.3) is 0 Å². The summed E-state index contributed by atoms with van der Waals surface area (Å²) >= 11 is 0. The summed E-state index contributed by atoms with van der Waals surface area (Å²) in [4.78, 5) is 12.1. The molecular formula is C19H20FNO4. The van der Waals surface area contributed by atoms with Gasteiger partial charge in [0.1, 0.15) is 6.61 Å². The van der Waals surface area contributed by atoms with Crippen LogP contribution < -0.4 is 4.74 Å². The van der Waals surface area contributed by atoms with Crippen LogP contribution in [0.4, 0.5) is 9.18 Å². The fourth-order valence-electron chi connectivity index (χ4n) is 3.09. The molecular weight excluding hydrogens is 325 g/mol. The number of piperidine rings is 1. The van der Waals surface area contributed by atoms with Crippen molar-refractivity contribution < 1.29 is 24.1 Å². The van der Waals surface area contributed by atoms with Crippen molar-refractivity contribution in [1.29, 1.82) is 0 Å². The van der Waals surface area contributed by atoms with Gasteiger partial charge in [-0.05, 0) is 29.7 Å².